The summed E-state index contributed by atoms with van der Waals surface area (Å²) in [6.45, 7) is -1.62. The van der Waals surface area contributed by atoms with Gasteiger partial charge in [-0.15, -0.1) is 0 Å². The molecule has 0 saturated carbocycles. The molecule has 5 nitrogen and oxygen atoms in total. The number of H-pyrrole nitrogens is 1. The highest BCUT2D eigenvalue weighted by molar-refractivity contribution is 5.94. The van der Waals surface area contributed by atoms with Crippen molar-refractivity contribution in [1.82, 2.24) is 4.98 Å². The summed E-state index contributed by atoms with van der Waals surface area (Å²) in [6, 6.07) is 1.88. The Bertz CT molecular complexity index is 742. The lowest BCUT2D eigenvalue weighted by atomic mass is 10.1. The summed E-state index contributed by atoms with van der Waals surface area (Å²) in [5, 5.41) is -0.155. The first kappa shape index (κ1) is 14.9. The van der Waals surface area contributed by atoms with Crippen LogP contribution < -0.4 is 10.2 Å². The van der Waals surface area contributed by atoms with Gasteiger partial charge in [0, 0.05) is 6.20 Å². The predicted octanol–water partition coefficient (Wildman–Crippen LogP) is 2.45. The molecule has 8 heteroatoms. The van der Waals surface area contributed by atoms with Gasteiger partial charge in [0.1, 0.15) is 5.56 Å². The molecule has 1 aromatic carbocycles. The first-order valence-corrected chi connectivity index (χ1v) is 5.91. The molecule has 0 amide bonds. The monoisotopic (exact) mass is 301 g/mol. The molecule has 0 unspecified atom stereocenters. The van der Waals surface area contributed by atoms with Crippen molar-refractivity contribution in [3.63, 3.8) is 0 Å². The highest BCUT2D eigenvalue weighted by Crippen LogP contribution is 2.27. The lowest BCUT2D eigenvalue weighted by Crippen LogP contribution is -2.18. The number of nitrogens with one attached hydrogen (secondary N) is 1. The largest absolute Gasteiger partial charge is 0.462 e. The lowest BCUT2D eigenvalue weighted by Gasteiger charge is -2.10. The van der Waals surface area contributed by atoms with Crippen molar-refractivity contribution in [2.24, 2.45) is 0 Å². The van der Waals surface area contributed by atoms with Crippen molar-refractivity contribution in [2.45, 2.75) is 13.5 Å². The molecule has 0 spiro atoms. The summed E-state index contributed by atoms with van der Waals surface area (Å²) in [5.74, 6) is -2.70. The van der Waals surface area contributed by atoms with Crippen molar-refractivity contribution in [3.8, 4) is 5.75 Å². The third-order valence-electron chi connectivity index (χ3n) is 2.66. The zero-order valence-corrected chi connectivity index (χ0v) is 10.8. The maximum atomic E-state index is 13.5. The van der Waals surface area contributed by atoms with Gasteiger partial charge >= 0.3 is 12.6 Å². The van der Waals surface area contributed by atoms with Crippen LogP contribution in [0, 0.1) is 5.82 Å². The van der Waals surface area contributed by atoms with Crippen LogP contribution in [0.2, 0.25) is 0 Å². The molecule has 0 aliphatic rings. The molecule has 0 fully saturated rings. The van der Waals surface area contributed by atoms with E-state index in [0.717, 1.165) is 18.3 Å². The van der Waals surface area contributed by atoms with Gasteiger partial charge in [-0.2, -0.15) is 8.78 Å². The quantitative estimate of drug-likeness (QED) is 0.881. The number of aromatic amines is 1. The van der Waals surface area contributed by atoms with Crippen LogP contribution in [0.1, 0.15) is 17.3 Å². The maximum absolute atomic E-state index is 13.5. The van der Waals surface area contributed by atoms with Crippen LogP contribution >= 0.6 is 0 Å². The number of hydrogen-bond acceptors (Lipinski definition) is 4. The Kier molecular flexibility index (Phi) is 4.15. The van der Waals surface area contributed by atoms with Crippen LogP contribution in [0.5, 0.6) is 5.75 Å². The number of esters is 1. The number of carbonyl (C=O) groups is 1. The fourth-order valence-electron chi connectivity index (χ4n) is 1.81. The average Bonchev–Trinajstić information content (AvgIpc) is 2.42. The van der Waals surface area contributed by atoms with Crippen molar-refractivity contribution < 1.29 is 27.4 Å². The van der Waals surface area contributed by atoms with Gasteiger partial charge < -0.3 is 14.5 Å². The van der Waals surface area contributed by atoms with Gasteiger partial charge in [-0.1, -0.05) is 0 Å². The molecular weight excluding hydrogens is 291 g/mol. The Morgan fingerprint density at radius 2 is 2.10 bits per heavy atom. The number of rotatable bonds is 4. The van der Waals surface area contributed by atoms with Gasteiger partial charge in [0.15, 0.2) is 11.6 Å². The first-order valence-electron chi connectivity index (χ1n) is 5.91. The van der Waals surface area contributed by atoms with Gasteiger partial charge in [0.25, 0.3) is 0 Å². The van der Waals surface area contributed by atoms with E-state index < -0.39 is 29.6 Å². The van der Waals surface area contributed by atoms with E-state index in [9.17, 15) is 22.8 Å². The zero-order valence-electron chi connectivity index (χ0n) is 10.8. The van der Waals surface area contributed by atoms with Crippen molar-refractivity contribution in [2.75, 3.05) is 6.61 Å². The number of halogens is 3. The summed E-state index contributed by atoms with van der Waals surface area (Å²) in [5.41, 5.74) is -1.33. The van der Waals surface area contributed by atoms with Gasteiger partial charge in [0.2, 0.25) is 5.43 Å². The second kappa shape index (κ2) is 5.86. The molecule has 1 aromatic heterocycles. The Morgan fingerprint density at radius 1 is 1.38 bits per heavy atom. The van der Waals surface area contributed by atoms with E-state index in [1.807, 2.05) is 0 Å². The summed E-state index contributed by atoms with van der Waals surface area (Å²) >= 11 is 0. The van der Waals surface area contributed by atoms with Crippen LogP contribution in [0.25, 0.3) is 10.9 Å². The van der Waals surface area contributed by atoms with E-state index in [4.69, 9.17) is 4.74 Å². The zero-order chi connectivity index (χ0) is 15.6. The van der Waals surface area contributed by atoms with Crippen LogP contribution in [0.15, 0.2) is 23.1 Å². The van der Waals surface area contributed by atoms with E-state index in [1.165, 1.54) is 0 Å². The fourth-order valence-corrected chi connectivity index (χ4v) is 1.81. The van der Waals surface area contributed by atoms with E-state index in [1.54, 1.807) is 6.92 Å². The summed E-state index contributed by atoms with van der Waals surface area (Å²) < 4.78 is 46.8. The van der Waals surface area contributed by atoms with E-state index >= 15 is 0 Å². The summed E-state index contributed by atoms with van der Waals surface area (Å²) in [7, 11) is 0. The number of fused-ring (bicyclic) bond motifs is 1. The van der Waals surface area contributed by atoms with Crippen LogP contribution in [-0.2, 0) is 4.74 Å². The number of hydrogen-bond donors (Lipinski definition) is 1. The maximum Gasteiger partial charge on any atom is 0.387 e. The molecule has 0 atom stereocenters. The van der Waals surface area contributed by atoms with Crippen molar-refractivity contribution >= 4 is 16.9 Å². The SMILES string of the molecule is CCOC(=O)c1c[nH]c2c(OC(F)F)c(F)ccc2c1=O. The predicted molar refractivity (Wildman–Crippen MR) is 67.1 cm³/mol. The number of ether oxygens (including phenoxy) is 2. The summed E-state index contributed by atoms with van der Waals surface area (Å²) in [6.07, 6.45) is 0.973. The Hall–Kier alpha value is -2.51. The van der Waals surface area contributed by atoms with E-state index in [-0.39, 0.29) is 23.1 Å². The average molecular weight is 301 g/mol. The topological polar surface area (TPSA) is 68.4 Å². The molecule has 2 rings (SSSR count). The van der Waals surface area contributed by atoms with Gasteiger partial charge in [0.05, 0.1) is 17.5 Å². The van der Waals surface area contributed by atoms with Crippen molar-refractivity contribution in [1.29, 1.82) is 0 Å². The standard InChI is InChI=1S/C13H10F3NO4/c1-2-20-12(19)7-5-17-9-6(10(7)18)3-4-8(14)11(9)21-13(15)16/h3-5,13H,2H2,1H3,(H,17,18). The van der Waals surface area contributed by atoms with Crippen LogP contribution in [0.3, 0.4) is 0 Å². The van der Waals surface area contributed by atoms with Crippen LogP contribution in [-0.4, -0.2) is 24.2 Å². The molecule has 0 aliphatic carbocycles. The van der Waals surface area contributed by atoms with Gasteiger partial charge in [-0.3, -0.25) is 4.79 Å². The number of pyridine rings is 1. The molecule has 0 radical (unpaired) electrons. The van der Waals surface area contributed by atoms with Gasteiger partial charge in [-0.25, -0.2) is 9.18 Å². The molecule has 1 heterocycles. The smallest absolute Gasteiger partial charge is 0.387 e. The highest BCUT2D eigenvalue weighted by Gasteiger charge is 2.19. The Balaban J connectivity index is 2.65. The Morgan fingerprint density at radius 3 is 2.71 bits per heavy atom. The number of aromatic nitrogens is 1. The minimum absolute atomic E-state index is 0.0689. The Labute approximate surface area is 116 Å². The van der Waals surface area contributed by atoms with Gasteiger partial charge in [-0.05, 0) is 19.1 Å². The second-order valence-electron chi connectivity index (χ2n) is 3.93. The molecule has 112 valence electrons. The van der Waals surface area contributed by atoms with Crippen LogP contribution in [0.4, 0.5) is 13.2 Å². The van der Waals surface area contributed by atoms with E-state index in [2.05, 4.69) is 9.72 Å². The first-order chi connectivity index (χ1) is 9.95. The molecule has 21 heavy (non-hydrogen) atoms. The minimum atomic E-state index is -3.25. The molecule has 0 bridgehead atoms. The molecule has 2 aromatic rings. The molecule has 0 saturated heterocycles. The summed E-state index contributed by atoms with van der Waals surface area (Å²) in [4.78, 5) is 26.1. The molecule has 1 N–H and O–H groups in total. The van der Waals surface area contributed by atoms with E-state index in [0.29, 0.717) is 0 Å². The lowest BCUT2D eigenvalue weighted by molar-refractivity contribution is -0.0512. The molecular formula is C13H10F3NO4. The third kappa shape index (κ3) is 2.83. The highest BCUT2D eigenvalue weighted by atomic mass is 19.3. The third-order valence-corrected chi connectivity index (χ3v) is 2.66. The number of benzene rings is 1. The molecule has 0 aliphatic heterocycles. The minimum Gasteiger partial charge on any atom is -0.462 e. The second-order valence-corrected chi connectivity index (χ2v) is 3.93. The number of alkyl halides is 2. The number of carbonyl (C=O) groups excluding carboxylic acids is 1. The normalized spacial score (nSPS) is 10.9. The fraction of sp³-hybridized carbons (Fsp3) is 0.231. The van der Waals surface area contributed by atoms with Crippen molar-refractivity contribution in [3.05, 3.63) is 39.9 Å².